The SMILES string of the molecule is CCC(C)N(C)Cc1cccc(CN)n1. The maximum atomic E-state index is 5.56. The average Bonchev–Trinajstić information content (AvgIpc) is 2.28. The van der Waals surface area contributed by atoms with E-state index in [4.69, 9.17) is 5.73 Å². The van der Waals surface area contributed by atoms with Crippen LogP contribution in [0.3, 0.4) is 0 Å². The molecule has 1 heterocycles. The molecule has 1 aromatic heterocycles. The zero-order chi connectivity index (χ0) is 11.3. The summed E-state index contributed by atoms with van der Waals surface area (Å²) >= 11 is 0. The first-order chi connectivity index (χ1) is 7.17. The van der Waals surface area contributed by atoms with E-state index in [1.54, 1.807) is 0 Å². The predicted octanol–water partition coefficient (Wildman–Crippen LogP) is 1.77. The topological polar surface area (TPSA) is 42.1 Å². The second kappa shape index (κ2) is 5.83. The Bertz CT molecular complexity index is 299. The third-order valence-electron chi connectivity index (χ3n) is 2.83. The van der Waals surface area contributed by atoms with Crippen LogP contribution in [0.15, 0.2) is 18.2 Å². The lowest BCUT2D eigenvalue weighted by Gasteiger charge is -2.23. The predicted molar refractivity (Wildman–Crippen MR) is 63.3 cm³/mol. The zero-order valence-electron chi connectivity index (χ0n) is 9.90. The van der Waals surface area contributed by atoms with Crippen LogP contribution in [0.5, 0.6) is 0 Å². The maximum absolute atomic E-state index is 5.56. The molecule has 0 aliphatic rings. The summed E-state index contributed by atoms with van der Waals surface area (Å²) in [4.78, 5) is 6.79. The molecular weight excluding hydrogens is 186 g/mol. The van der Waals surface area contributed by atoms with Crippen molar-refractivity contribution in [2.75, 3.05) is 7.05 Å². The molecule has 1 unspecified atom stereocenters. The molecule has 15 heavy (non-hydrogen) atoms. The summed E-state index contributed by atoms with van der Waals surface area (Å²) in [6.07, 6.45) is 1.16. The molecule has 3 nitrogen and oxygen atoms in total. The number of hydrogen-bond donors (Lipinski definition) is 1. The van der Waals surface area contributed by atoms with Gasteiger partial charge in [-0.15, -0.1) is 0 Å². The molecule has 1 rings (SSSR count). The summed E-state index contributed by atoms with van der Waals surface area (Å²) in [5.74, 6) is 0. The summed E-state index contributed by atoms with van der Waals surface area (Å²) in [5, 5.41) is 0. The van der Waals surface area contributed by atoms with Gasteiger partial charge in [-0.3, -0.25) is 9.88 Å². The van der Waals surface area contributed by atoms with Crippen molar-refractivity contribution in [3.8, 4) is 0 Å². The summed E-state index contributed by atoms with van der Waals surface area (Å²) in [6.45, 7) is 5.83. The van der Waals surface area contributed by atoms with Crippen LogP contribution in [-0.2, 0) is 13.1 Å². The van der Waals surface area contributed by atoms with Crippen molar-refractivity contribution in [1.82, 2.24) is 9.88 Å². The van der Waals surface area contributed by atoms with Crippen LogP contribution in [0.4, 0.5) is 0 Å². The van der Waals surface area contributed by atoms with Crippen LogP contribution < -0.4 is 5.73 Å². The highest BCUT2D eigenvalue weighted by atomic mass is 15.1. The minimum Gasteiger partial charge on any atom is -0.325 e. The van der Waals surface area contributed by atoms with Gasteiger partial charge in [0.1, 0.15) is 0 Å². The van der Waals surface area contributed by atoms with Gasteiger partial charge in [-0.2, -0.15) is 0 Å². The quantitative estimate of drug-likeness (QED) is 0.800. The maximum Gasteiger partial charge on any atom is 0.0547 e. The van der Waals surface area contributed by atoms with Crippen molar-refractivity contribution in [2.24, 2.45) is 5.73 Å². The molecule has 0 bridgehead atoms. The smallest absolute Gasteiger partial charge is 0.0547 e. The van der Waals surface area contributed by atoms with Crippen LogP contribution in [0.1, 0.15) is 31.7 Å². The number of rotatable bonds is 5. The van der Waals surface area contributed by atoms with Crippen molar-refractivity contribution in [3.05, 3.63) is 29.6 Å². The van der Waals surface area contributed by atoms with Crippen LogP contribution in [-0.4, -0.2) is 23.0 Å². The normalized spacial score (nSPS) is 13.1. The molecule has 0 saturated carbocycles. The number of aromatic nitrogens is 1. The monoisotopic (exact) mass is 207 g/mol. The van der Waals surface area contributed by atoms with E-state index in [9.17, 15) is 0 Å². The zero-order valence-corrected chi connectivity index (χ0v) is 9.90. The van der Waals surface area contributed by atoms with Crippen molar-refractivity contribution >= 4 is 0 Å². The molecule has 0 aromatic carbocycles. The van der Waals surface area contributed by atoms with Crippen LogP contribution >= 0.6 is 0 Å². The van der Waals surface area contributed by atoms with Gasteiger partial charge in [0.05, 0.1) is 11.4 Å². The standard InChI is InChI=1S/C12H21N3/c1-4-10(2)15(3)9-12-7-5-6-11(8-13)14-12/h5-7,10H,4,8-9,13H2,1-3H3. The Morgan fingerprint density at radius 1 is 1.40 bits per heavy atom. The highest BCUT2D eigenvalue weighted by Gasteiger charge is 2.07. The van der Waals surface area contributed by atoms with E-state index < -0.39 is 0 Å². The van der Waals surface area contributed by atoms with Crippen molar-refractivity contribution in [2.45, 2.75) is 39.4 Å². The number of hydrogen-bond acceptors (Lipinski definition) is 3. The van der Waals surface area contributed by atoms with E-state index in [2.05, 4.69) is 36.8 Å². The molecule has 0 amide bonds. The third kappa shape index (κ3) is 3.61. The highest BCUT2D eigenvalue weighted by molar-refractivity contribution is 5.10. The summed E-state index contributed by atoms with van der Waals surface area (Å²) in [5.41, 5.74) is 7.62. The van der Waals surface area contributed by atoms with Gasteiger partial charge in [0.2, 0.25) is 0 Å². The van der Waals surface area contributed by atoms with Gasteiger partial charge in [0.25, 0.3) is 0 Å². The second-order valence-corrected chi connectivity index (χ2v) is 4.00. The van der Waals surface area contributed by atoms with Gasteiger partial charge in [-0.05, 0) is 32.5 Å². The van der Waals surface area contributed by atoms with Crippen molar-refractivity contribution < 1.29 is 0 Å². The van der Waals surface area contributed by atoms with Crippen molar-refractivity contribution in [1.29, 1.82) is 0 Å². The van der Waals surface area contributed by atoms with E-state index in [-0.39, 0.29) is 0 Å². The fourth-order valence-electron chi connectivity index (χ4n) is 1.45. The molecule has 0 spiro atoms. The molecule has 3 heteroatoms. The fourth-order valence-corrected chi connectivity index (χ4v) is 1.45. The van der Waals surface area contributed by atoms with Crippen molar-refractivity contribution in [3.63, 3.8) is 0 Å². The molecule has 0 aliphatic heterocycles. The van der Waals surface area contributed by atoms with Gasteiger partial charge in [0.15, 0.2) is 0 Å². The molecule has 84 valence electrons. The highest BCUT2D eigenvalue weighted by Crippen LogP contribution is 2.07. The lowest BCUT2D eigenvalue weighted by molar-refractivity contribution is 0.241. The largest absolute Gasteiger partial charge is 0.325 e. The number of nitrogens with zero attached hydrogens (tertiary/aromatic N) is 2. The first-order valence-corrected chi connectivity index (χ1v) is 5.52. The second-order valence-electron chi connectivity index (χ2n) is 4.00. The Labute approximate surface area is 92.3 Å². The van der Waals surface area contributed by atoms with E-state index in [0.717, 1.165) is 24.4 Å². The Balaban J connectivity index is 2.63. The van der Waals surface area contributed by atoms with E-state index >= 15 is 0 Å². The third-order valence-corrected chi connectivity index (χ3v) is 2.83. The van der Waals surface area contributed by atoms with Gasteiger partial charge in [-0.1, -0.05) is 13.0 Å². The minimum absolute atomic E-state index is 0.515. The Hall–Kier alpha value is -0.930. The molecule has 2 N–H and O–H groups in total. The average molecular weight is 207 g/mol. The molecule has 1 aromatic rings. The summed E-state index contributed by atoms with van der Waals surface area (Å²) in [6, 6.07) is 6.63. The summed E-state index contributed by atoms with van der Waals surface area (Å²) in [7, 11) is 2.13. The lowest BCUT2D eigenvalue weighted by atomic mass is 10.2. The Kier molecular flexibility index (Phi) is 4.72. The van der Waals surface area contributed by atoms with Crippen LogP contribution in [0, 0.1) is 0 Å². The first kappa shape index (κ1) is 12.1. The van der Waals surface area contributed by atoms with E-state index in [1.165, 1.54) is 0 Å². The molecule has 0 saturated heterocycles. The van der Waals surface area contributed by atoms with Crippen LogP contribution in [0.2, 0.25) is 0 Å². The van der Waals surface area contributed by atoms with Gasteiger partial charge in [0, 0.05) is 19.1 Å². The first-order valence-electron chi connectivity index (χ1n) is 5.52. The van der Waals surface area contributed by atoms with Crippen LogP contribution in [0.25, 0.3) is 0 Å². The molecular formula is C12H21N3. The molecule has 0 fully saturated rings. The van der Waals surface area contributed by atoms with Gasteiger partial charge in [-0.25, -0.2) is 0 Å². The minimum atomic E-state index is 0.515. The number of pyridine rings is 1. The Morgan fingerprint density at radius 2 is 2.07 bits per heavy atom. The Morgan fingerprint density at radius 3 is 2.67 bits per heavy atom. The fraction of sp³-hybridized carbons (Fsp3) is 0.583. The molecule has 1 atom stereocenters. The van der Waals surface area contributed by atoms with E-state index in [1.807, 2.05) is 12.1 Å². The van der Waals surface area contributed by atoms with Gasteiger partial charge >= 0.3 is 0 Å². The number of nitrogens with two attached hydrogens (primary N) is 1. The van der Waals surface area contributed by atoms with Gasteiger partial charge < -0.3 is 5.73 Å². The van der Waals surface area contributed by atoms with E-state index in [0.29, 0.717) is 12.6 Å². The molecule has 0 aliphatic carbocycles. The lowest BCUT2D eigenvalue weighted by Crippen LogP contribution is -2.28. The molecule has 0 radical (unpaired) electrons. The summed E-state index contributed by atoms with van der Waals surface area (Å²) < 4.78 is 0.